The summed E-state index contributed by atoms with van der Waals surface area (Å²) in [5.41, 5.74) is 6.21. The van der Waals surface area contributed by atoms with E-state index in [-0.39, 0.29) is 17.2 Å². The zero-order valence-corrected chi connectivity index (χ0v) is 23.3. The number of aromatic nitrogens is 3. The van der Waals surface area contributed by atoms with Crippen molar-refractivity contribution in [3.8, 4) is 5.75 Å². The number of hydrogen-bond acceptors (Lipinski definition) is 6. The van der Waals surface area contributed by atoms with E-state index in [9.17, 15) is 4.79 Å². The quantitative estimate of drug-likeness (QED) is 0.254. The van der Waals surface area contributed by atoms with Gasteiger partial charge >= 0.3 is 0 Å². The third-order valence-corrected chi connectivity index (χ3v) is 8.12. The maximum atomic E-state index is 13.5. The van der Waals surface area contributed by atoms with Gasteiger partial charge in [-0.15, -0.1) is 5.10 Å². The van der Waals surface area contributed by atoms with Crippen LogP contribution in [0, 0.1) is 12.3 Å². The predicted molar refractivity (Wildman–Crippen MR) is 155 cm³/mol. The van der Waals surface area contributed by atoms with E-state index in [1.165, 1.54) is 11.1 Å². The Bertz CT molecular complexity index is 1540. The van der Waals surface area contributed by atoms with Crippen molar-refractivity contribution in [1.82, 2.24) is 14.8 Å². The van der Waals surface area contributed by atoms with Crippen LogP contribution in [0.1, 0.15) is 55.0 Å². The molecule has 1 atom stereocenters. The van der Waals surface area contributed by atoms with Crippen molar-refractivity contribution >= 4 is 23.5 Å². The molecular formula is C32H32N4O2S. The second kappa shape index (κ2) is 10.4. The van der Waals surface area contributed by atoms with Crippen LogP contribution in [0.3, 0.4) is 0 Å². The maximum absolute atomic E-state index is 13.5. The van der Waals surface area contributed by atoms with Gasteiger partial charge in [0.25, 0.3) is 0 Å². The molecule has 7 heteroatoms. The van der Waals surface area contributed by atoms with E-state index in [1.807, 2.05) is 53.2 Å². The number of rotatable bonds is 7. The Kier molecular flexibility index (Phi) is 6.77. The van der Waals surface area contributed by atoms with Crippen LogP contribution in [0.15, 0.2) is 95.3 Å². The Labute approximate surface area is 233 Å². The maximum Gasteiger partial charge on any atom is 0.227 e. The molecule has 3 aromatic carbocycles. The molecule has 4 aromatic rings. The summed E-state index contributed by atoms with van der Waals surface area (Å²) in [5, 5.41) is 9.04. The zero-order chi connectivity index (χ0) is 27.0. The average molecular weight is 537 g/mol. The fourth-order valence-electron chi connectivity index (χ4n) is 5.40. The third kappa shape index (κ3) is 5.50. The monoisotopic (exact) mass is 536 g/mol. The summed E-state index contributed by atoms with van der Waals surface area (Å²) in [6.07, 6.45) is 1.31. The highest BCUT2D eigenvalue weighted by molar-refractivity contribution is 7.98. The summed E-state index contributed by atoms with van der Waals surface area (Å²) in [4.78, 5) is 18.3. The molecule has 0 amide bonds. The smallest absolute Gasteiger partial charge is 0.227 e. The number of nitrogens with zero attached hydrogens (tertiary/aromatic N) is 3. The standard InChI is InChI=1S/C32H32N4O2S/c1-21-8-7-11-23(16-21)19-38-25-14-12-24(13-15-25)29-28-26(17-32(2,3)18-27(28)37)33-30-34-31(35-36(29)30)39-20-22-9-5-4-6-10-22/h4-16,29H,17-20H2,1-3H3,(H,33,34,35). The molecular weight excluding hydrogens is 504 g/mol. The number of benzene rings is 3. The topological polar surface area (TPSA) is 69.0 Å². The zero-order valence-electron chi connectivity index (χ0n) is 22.5. The molecule has 1 aromatic heterocycles. The van der Waals surface area contributed by atoms with Crippen LogP contribution >= 0.6 is 11.8 Å². The van der Waals surface area contributed by atoms with E-state index in [0.29, 0.717) is 24.1 Å². The van der Waals surface area contributed by atoms with Gasteiger partial charge in [0.15, 0.2) is 5.78 Å². The number of anilines is 1. The number of thioether (sulfide) groups is 1. The highest BCUT2D eigenvalue weighted by atomic mass is 32.2. The molecule has 6 rings (SSSR count). The van der Waals surface area contributed by atoms with Gasteiger partial charge in [0.05, 0.1) is 0 Å². The van der Waals surface area contributed by atoms with Gasteiger partial charge in [-0.2, -0.15) is 4.98 Å². The van der Waals surface area contributed by atoms with Gasteiger partial charge in [-0.3, -0.25) is 4.79 Å². The number of nitrogens with one attached hydrogen (secondary N) is 1. The fourth-order valence-corrected chi connectivity index (χ4v) is 6.18. The van der Waals surface area contributed by atoms with Gasteiger partial charge in [0.1, 0.15) is 18.4 Å². The van der Waals surface area contributed by atoms with Crippen molar-refractivity contribution in [2.45, 2.75) is 57.2 Å². The van der Waals surface area contributed by atoms with E-state index >= 15 is 0 Å². The van der Waals surface area contributed by atoms with Gasteiger partial charge in [-0.25, -0.2) is 4.68 Å². The second-order valence-corrected chi connectivity index (χ2v) is 12.1. The lowest BCUT2D eigenvalue weighted by molar-refractivity contribution is -0.118. The van der Waals surface area contributed by atoms with Crippen molar-refractivity contribution in [1.29, 1.82) is 0 Å². The molecule has 1 N–H and O–H groups in total. The van der Waals surface area contributed by atoms with Crippen LogP contribution in [-0.4, -0.2) is 20.5 Å². The van der Waals surface area contributed by atoms with E-state index in [1.54, 1.807) is 11.8 Å². The first-order chi connectivity index (χ1) is 18.8. The molecule has 0 saturated heterocycles. The summed E-state index contributed by atoms with van der Waals surface area (Å²) in [6.45, 7) is 6.88. The van der Waals surface area contributed by atoms with Crippen molar-refractivity contribution < 1.29 is 9.53 Å². The predicted octanol–water partition coefficient (Wildman–Crippen LogP) is 7.12. The van der Waals surface area contributed by atoms with Gasteiger partial charge < -0.3 is 10.1 Å². The first-order valence-corrected chi connectivity index (χ1v) is 14.3. The van der Waals surface area contributed by atoms with Crippen LogP contribution in [0.2, 0.25) is 0 Å². The average Bonchev–Trinajstić information content (AvgIpc) is 3.32. The Morgan fingerprint density at radius 1 is 1.00 bits per heavy atom. The molecule has 6 nitrogen and oxygen atoms in total. The fraction of sp³-hybridized carbons (Fsp3) is 0.281. The molecule has 0 bridgehead atoms. The molecule has 1 aliphatic heterocycles. The van der Waals surface area contributed by atoms with E-state index < -0.39 is 0 Å². The number of ether oxygens (including phenoxy) is 1. The minimum absolute atomic E-state index is 0.103. The highest BCUT2D eigenvalue weighted by Crippen LogP contribution is 2.46. The number of fused-ring (bicyclic) bond motifs is 1. The molecule has 0 spiro atoms. The molecule has 0 saturated carbocycles. The van der Waals surface area contributed by atoms with Crippen LogP contribution < -0.4 is 10.1 Å². The second-order valence-electron chi connectivity index (χ2n) is 11.1. The minimum atomic E-state index is -0.329. The molecule has 1 unspecified atom stereocenters. The van der Waals surface area contributed by atoms with Crippen molar-refractivity contribution in [2.75, 3.05) is 5.32 Å². The van der Waals surface area contributed by atoms with Gasteiger partial charge in [-0.05, 0) is 47.6 Å². The SMILES string of the molecule is Cc1cccc(COc2ccc(C3C4=C(CC(C)(C)CC4=O)Nc4nc(SCc5ccccc5)nn43)cc2)c1. The summed E-state index contributed by atoms with van der Waals surface area (Å²) < 4.78 is 7.94. The lowest BCUT2D eigenvalue weighted by Gasteiger charge is -2.38. The minimum Gasteiger partial charge on any atom is -0.489 e. The Morgan fingerprint density at radius 2 is 1.77 bits per heavy atom. The Morgan fingerprint density at radius 3 is 2.54 bits per heavy atom. The van der Waals surface area contributed by atoms with E-state index in [2.05, 4.69) is 56.4 Å². The number of carbonyl (C=O) groups is 1. The van der Waals surface area contributed by atoms with Crippen molar-refractivity contribution in [3.05, 3.63) is 112 Å². The van der Waals surface area contributed by atoms with Crippen LogP contribution in [0.5, 0.6) is 5.75 Å². The first kappa shape index (κ1) is 25.4. The third-order valence-electron chi connectivity index (χ3n) is 7.21. The van der Waals surface area contributed by atoms with Crippen LogP contribution in [0.25, 0.3) is 0 Å². The van der Waals surface area contributed by atoms with Crippen molar-refractivity contribution in [3.63, 3.8) is 0 Å². The van der Waals surface area contributed by atoms with Crippen LogP contribution in [-0.2, 0) is 17.2 Å². The van der Waals surface area contributed by atoms with Gasteiger partial charge in [0, 0.05) is 23.4 Å². The van der Waals surface area contributed by atoms with Gasteiger partial charge in [-0.1, -0.05) is 97.9 Å². The first-order valence-electron chi connectivity index (χ1n) is 13.3. The van der Waals surface area contributed by atoms with E-state index in [4.69, 9.17) is 14.8 Å². The summed E-state index contributed by atoms with van der Waals surface area (Å²) in [6, 6.07) is 26.4. The number of hydrogen-bond donors (Lipinski definition) is 1. The molecule has 39 heavy (non-hydrogen) atoms. The molecule has 198 valence electrons. The summed E-state index contributed by atoms with van der Waals surface area (Å²) in [7, 11) is 0. The largest absolute Gasteiger partial charge is 0.489 e. The van der Waals surface area contributed by atoms with Crippen LogP contribution in [0.4, 0.5) is 5.95 Å². The lowest BCUT2D eigenvalue weighted by atomic mass is 9.73. The van der Waals surface area contributed by atoms with Crippen molar-refractivity contribution in [2.24, 2.45) is 5.41 Å². The molecule has 2 heterocycles. The molecule has 2 aliphatic rings. The number of carbonyl (C=O) groups excluding carboxylic acids is 1. The van der Waals surface area contributed by atoms with E-state index in [0.717, 1.165) is 40.3 Å². The van der Waals surface area contributed by atoms with Gasteiger partial charge in [0.2, 0.25) is 11.1 Å². The molecule has 0 fully saturated rings. The normalized spacial score (nSPS) is 17.8. The highest BCUT2D eigenvalue weighted by Gasteiger charge is 2.41. The Balaban J connectivity index is 1.29. The Hall–Kier alpha value is -3.84. The molecule has 0 radical (unpaired) electrons. The number of allylic oxidation sites excluding steroid dienone is 2. The summed E-state index contributed by atoms with van der Waals surface area (Å²) in [5.74, 6) is 2.41. The lowest BCUT2D eigenvalue weighted by Crippen LogP contribution is -2.36. The number of aryl methyl sites for hydroxylation is 1. The number of Topliss-reactive ketones (excluding diaryl/α,β-unsaturated/α-hetero) is 1. The summed E-state index contributed by atoms with van der Waals surface area (Å²) >= 11 is 1.60. The number of ketones is 1. The molecule has 1 aliphatic carbocycles.